The Balaban J connectivity index is 1.98. The fourth-order valence-corrected chi connectivity index (χ4v) is 2.00. The molecule has 0 saturated carbocycles. The van der Waals surface area contributed by atoms with Crippen LogP contribution in [0.4, 0.5) is 0 Å². The molecule has 3 atom stereocenters. The summed E-state index contributed by atoms with van der Waals surface area (Å²) in [4.78, 5) is 0. The summed E-state index contributed by atoms with van der Waals surface area (Å²) in [6.07, 6.45) is 3.16. The van der Waals surface area contributed by atoms with Crippen LogP contribution in [-0.2, 0) is 9.47 Å². The van der Waals surface area contributed by atoms with Crippen LogP contribution in [0.15, 0.2) is 0 Å². The van der Waals surface area contributed by atoms with Crippen molar-refractivity contribution >= 4 is 0 Å². The van der Waals surface area contributed by atoms with Gasteiger partial charge in [0, 0.05) is 13.0 Å². The van der Waals surface area contributed by atoms with Crippen LogP contribution in [0.1, 0.15) is 52.9 Å². The summed E-state index contributed by atoms with van der Waals surface area (Å²) < 4.78 is 10.8. The van der Waals surface area contributed by atoms with Crippen molar-refractivity contribution in [3.8, 4) is 0 Å². The molecule has 1 aliphatic rings. The molecular weight excluding hydrogens is 232 g/mol. The second kappa shape index (κ2) is 7.43. The molecule has 2 N–H and O–H groups in total. The number of rotatable bonds is 6. The standard InChI is InChI=1S/C14H28O4/c1-14(2,3)7-5-4-6-8-17-13-9-11(15)12(16)10-18-13/h11-13,15-16H,4-10H2,1-3H3. The zero-order chi connectivity index (χ0) is 13.6. The van der Waals surface area contributed by atoms with Crippen LogP contribution in [0, 0.1) is 5.41 Å². The second-order valence-corrected chi connectivity index (χ2v) is 6.38. The third kappa shape index (κ3) is 6.69. The van der Waals surface area contributed by atoms with Crippen molar-refractivity contribution in [1.82, 2.24) is 0 Å². The molecule has 3 unspecified atom stereocenters. The van der Waals surface area contributed by atoms with E-state index >= 15 is 0 Å². The molecule has 0 amide bonds. The van der Waals surface area contributed by atoms with Crippen molar-refractivity contribution in [2.75, 3.05) is 13.2 Å². The Kier molecular flexibility index (Phi) is 6.57. The maximum Gasteiger partial charge on any atom is 0.160 e. The van der Waals surface area contributed by atoms with Crippen LogP contribution in [0.5, 0.6) is 0 Å². The van der Waals surface area contributed by atoms with E-state index in [2.05, 4.69) is 20.8 Å². The van der Waals surface area contributed by atoms with Gasteiger partial charge in [0.15, 0.2) is 6.29 Å². The van der Waals surface area contributed by atoms with Crippen LogP contribution in [-0.4, -0.2) is 41.9 Å². The Hall–Kier alpha value is -0.160. The lowest BCUT2D eigenvalue weighted by Crippen LogP contribution is -2.42. The third-order valence-electron chi connectivity index (χ3n) is 3.21. The van der Waals surface area contributed by atoms with Crippen LogP contribution in [0.3, 0.4) is 0 Å². The molecule has 0 aromatic carbocycles. The Morgan fingerprint density at radius 2 is 1.83 bits per heavy atom. The van der Waals surface area contributed by atoms with Gasteiger partial charge in [-0.2, -0.15) is 0 Å². The molecule has 1 fully saturated rings. The van der Waals surface area contributed by atoms with Gasteiger partial charge in [0.1, 0.15) is 6.10 Å². The zero-order valence-electron chi connectivity index (χ0n) is 11.9. The molecule has 4 heteroatoms. The van der Waals surface area contributed by atoms with E-state index in [-0.39, 0.29) is 12.9 Å². The van der Waals surface area contributed by atoms with E-state index in [9.17, 15) is 10.2 Å². The summed E-state index contributed by atoms with van der Waals surface area (Å²) >= 11 is 0. The van der Waals surface area contributed by atoms with Crippen LogP contribution < -0.4 is 0 Å². The maximum atomic E-state index is 9.47. The number of hydrogen-bond acceptors (Lipinski definition) is 4. The molecule has 1 rings (SSSR count). The lowest BCUT2D eigenvalue weighted by Gasteiger charge is -2.30. The number of aliphatic hydroxyl groups is 2. The van der Waals surface area contributed by atoms with E-state index in [1.807, 2.05) is 0 Å². The molecular formula is C14H28O4. The summed E-state index contributed by atoms with van der Waals surface area (Å²) in [6, 6.07) is 0. The van der Waals surface area contributed by atoms with Crippen molar-refractivity contribution in [2.45, 2.75) is 71.4 Å². The average Bonchev–Trinajstić information content (AvgIpc) is 2.26. The van der Waals surface area contributed by atoms with Crippen molar-refractivity contribution in [3.05, 3.63) is 0 Å². The van der Waals surface area contributed by atoms with Gasteiger partial charge < -0.3 is 19.7 Å². The molecule has 1 heterocycles. The van der Waals surface area contributed by atoms with E-state index in [0.717, 1.165) is 12.8 Å². The molecule has 108 valence electrons. The first kappa shape index (κ1) is 15.9. The van der Waals surface area contributed by atoms with E-state index in [0.29, 0.717) is 18.4 Å². The number of aliphatic hydroxyl groups excluding tert-OH is 2. The van der Waals surface area contributed by atoms with Crippen LogP contribution in [0.25, 0.3) is 0 Å². The summed E-state index contributed by atoms with van der Waals surface area (Å²) in [7, 11) is 0. The monoisotopic (exact) mass is 260 g/mol. The Bertz CT molecular complexity index is 224. The van der Waals surface area contributed by atoms with Gasteiger partial charge >= 0.3 is 0 Å². The molecule has 0 aromatic rings. The summed E-state index contributed by atoms with van der Waals surface area (Å²) in [5.41, 5.74) is 0.410. The molecule has 0 aliphatic carbocycles. The Morgan fingerprint density at radius 1 is 1.11 bits per heavy atom. The first-order valence-electron chi connectivity index (χ1n) is 6.98. The lowest BCUT2D eigenvalue weighted by molar-refractivity contribution is -0.216. The Morgan fingerprint density at radius 3 is 2.44 bits per heavy atom. The van der Waals surface area contributed by atoms with Gasteiger partial charge in [-0.05, 0) is 18.3 Å². The highest BCUT2D eigenvalue weighted by Gasteiger charge is 2.28. The molecule has 18 heavy (non-hydrogen) atoms. The van der Waals surface area contributed by atoms with Gasteiger partial charge in [-0.1, -0.05) is 33.6 Å². The minimum absolute atomic E-state index is 0.163. The van der Waals surface area contributed by atoms with Crippen molar-refractivity contribution in [2.24, 2.45) is 5.41 Å². The highest BCUT2D eigenvalue weighted by atomic mass is 16.7. The summed E-state index contributed by atoms with van der Waals surface area (Å²) in [6.45, 7) is 7.59. The van der Waals surface area contributed by atoms with Crippen molar-refractivity contribution in [3.63, 3.8) is 0 Å². The van der Waals surface area contributed by atoms with Gasteiger partial charge in [0.05, 0.1) is 12.7 Å². The van der Waals surface area contributed by atoms with Gasteiger partial charge in [-0.3, -0.25) is 0 Å². The third-order valence-corrected chi connectivity index (χ3v) is 3.21. The first-order chi connectivity index (χ1) is 8.38. The number of ether oxygens (including phenoxy) is 2. The highest BCUT2D eigenvalue weighted by molar-refractivity contribution is 4.73. The maximum absolute atomic E-state index is 9.47. The molecule has 0 aromatic heterocycles. The smallest absolute Gasteiger partial charge is 0.160 e. The van der Waals surface area contributed by atoms with E-state index < -0.39 is 12.2 Å². The number of unbranched alkanes of at least 4 members (excludes halogenated alkanes) is 2. The second-order valence-electron chi connectivity index (χ2n) is 6.38. The molecule has 0 spiro atoms. The average molecular weight is 260 g/mol. The van der Waals surface area contributed by atoms with Crippen molar-refractivity contribution in [1.29, 1.82) is 0 Å². The highest BCUT2D eigenvalue weighted by Crippen LogP contribution is 2.22. The quantitative estimate of drug-likeness (QED) is 0.718. The van der Waals surface area contributed by atoms with E-state index in [1.54, 1.807) is 0 Å². The fourth-order valence-electron chi connectivity index (χ4n) is 2.00. The van der Waals surface area contributed by atoms with Crippen LogP contribution in [0.2, 0.25) is 0 Å². The minimum Gasteiger partial charge on any atom is -0.390 e. The van der Waals surface area contributed by atoms with Crippen LogP contribution >= 0.6 is 0 Å². The van der Waals surface area contributed by atoms with Gasteiger partial charge in [-0.25, -0.2) is 0 Å². The van der Waals surface area contributed by atoms with E-state index in [4.69, 9.17) is 9.47 Å². The van der Waals surface area contributed by atoms with E-state index in [1.165, 1.54) is 12.8 Å². The topological polar surface area (TPSA) is 58.9 Å². The Labute approximate surface area is 110 Å². The summed E-state index contributed by atoms with van der Waals surface area (Å²) in [5, 5.41) is 18.8. The largest absolute Gasteiger partial charge is 0.390 e. The molecule has 4 nitrogen and oxygen atoms in total. The zero-order valence-corrected chi connectivity index (χ0v) is 11.9. The molecule has 0 radical (unpaired) electrons. The molecule has 0 bridgehead atoms. The lowest BCUT2D eigenvalue weighted by atomic mass is 9.89. The predicted molar refractivity (Wildman–Crippen MR) is 70.2 cm³/mol. The molecule has 1 saturated heterocycles. The van der Waals surface area contributed by atoms with Gasteiger partial charge in [0.25, 0.3) is 0 Å². The molecule has 1 aliphatic heterocycles. The van der Waals surface area contributed by atoms with Crippen molar-refractivity contribution < 1.29 is 19.7 Å². The van der Waals surface area contributed by atoms with Gasteiger partial charge in [0.2, 0.25) is 0 Å². The number of hydrogen-bond donors (Lipinski definition) is 2. The summed E-state index contributed by atoms with van der Waals surface area (Å²) in [5.74, 6) is 0. The minimum atomic E-state index is -0.767. The normalized spacial score (nSPS) is 29.5. The SMILES string of the molecule is CC(C)(C)CCCCCOC1CC(O)C(O)CO1. The first-order valence-corrected chi connectivity index (χ1v) is 6.98. The van der Waals surface area contributed by atoms with Gasteiger partial charge in [-0.15, -0.1) is 0 Å². The predicted octanol–water partition coefficient (Wildman–Crippen LogP) is 2.08. The fraction of sp³-hybridized carbons (Fsp3) is 1.00.